The van der Waals surface area contributed by atoms with Crippen molar-refractivity contribution in [3.63, 3.8) is 0 Å². The van der Waals surface area contributed by atoms with Gasteiger partial charge in [0.15, 0.2) is 11.0 Å². The Labute approximate surface area is 208 Å². The van der Waals surface area contributed by atoms with Gasteiger partial charge in [0.1, 0.15) is 5.75 Å². The highest BCUT2D eigenvalue weighted by molar-refractivity contribution is 7.99. The van der Waals surface area contributed by atoms with Crippen molar-refractivity contribution in [3.05, 3.63) is 83.4 Å². The lowest BCUT2D eigenvalue weighted by molar-refractivity contribution is -0.113. The number of methoxy groups -OCH3 is 1. The Morgan fingerprint density at radius 2 is 1.82 bits per heavy atom. The maximum atomic E-state index is 12.8. The molecule has 0 aliphatic carbocycles. The predicted octanol–water partition coefficient (Wildman–Crippen LogP) is 6.45. The van der Waals surface area contributed by atoms with E-state index in [0.717, 1.165) is 28.3 Å². The molecule has 34 heavy (non-hydrogen) atoms. The Morgan fingerprint density at radius 1 is 1.06 bits per heavy atom. The number of thioether (sulfide) groups is 1. The first-order valence-electron chi connectivity index (χ1n) is 10.8. The quantitative estimate of drug-likeness (QED) is 0.286. The van der Waals surface area contributed by atoms with Gasteiger partial charge in [-0.3, -0.25) is 9.36 Å². The summed E-state index contributed by atoms with van der Waals surface area (Å²) in [5, 5.41) is 13.1. The van der Waals surface area contributed by atoms with E-state index in [2.05, 4.69) is 29.4 Å². The van der Waals surface area contributed by atoms with Gasteiger partial charge in [-0.2, -0.15) is 0 Å². The second-order valence-corrected chi connectivity index (χ2v) is 9.31. The second-order valence-electron chi connectivity index (χ2n) is 7.93. The molecule has 0 saturated heterocycles. The van der Waals surface area contributed by atoms with Crippen molar-refractivity contribution in [2.45, 2.75) is 24.9 Å². The molecule has 4 aromatic rings. The summed E-state index contributed by atoms with van der Waals surface area (Å²) in [4.78, 5) is 12.8. The number of carbonyl (C=O) groups is 1. The van der Waals surface area contributed by atoms with Crippen LogP contribution in [0.5, 0.6) is 5.75 Å². The molecule has 0 unspecified atom stereocenters. The van der Waals surface area contributed by atoms with Gasteiger partial charge >= 0.3 is 0 Å². The third-order valence-corrected chi connectivity index (χ3v) is 6.42. The number of benzene rings is 3. The molecule has 1 N–H and O–H groups in total. The molecule has 1 aromatic heterocycles. The zero-order valence-corrected chi connectivity index (χ0v) is 20.7. The summed E-state index contributed by atoms with van der Waals surface area (Å²) in [6.07, 6.45) is 0. The average molecular weight is 493 g/mol. The number of carbonyl (C=O) groups excluding carboxylic acids is 1. The van der Waals surface area contributed by atoms with E-state index in [1.807, 2.05) is 77.4 Å². The van der Waals surface area contributed by atoms with Crippen molar-refractivity contribution in [1.29, 1.82) is 0 Å². The Kier molecular flexibility index (Phi) is 7.55. The lowest BCUT2D eigenvalue weighted by atomic mass is 10.0. The molecule has 1 heterocycles. The topological polar surface area (TPSA) is 69.0 Å². The highest BCUT2D eigenvalue weighted by atomic mass is 35.5. The molecule has 0 saturated carbocycles. The Bertz CT molecular complexity index is 1290. The van der Waals surface area contributed by atoms with E-state index >= 15 is 0 Å². The predicted molar refractivity (Wildman–Crippen MR) is 138 cm³/mol. The van der Waals surface area contributed by atoms with Crippen molar-refractivity contribution in [1.82, 2.24) is 14.8 Å². The summed E-state index contributed by atoms with van der Waals surface area (Å²) in [6.45, 7) is 4.21. The fraction of sp³-hybridized carbons (Fsp3) is 0.192. The molecule has 0 fully saturated rings. The smallest absolute Gasteiger partial charge is 0.234 e. The van der Waals surface area contributed by atoms with Gasteiger partial charge in [0.05, 0.1) is 12.9 Å². The number of hydrogen-bond acceptors (Lipinski definition) is 5. The van der Waals surface area contributed by atoms with Crippen LogP contribution in [-0.2, 0) is 4.79 Å². The summed E-state index contributed by atoms with van der Waals surface area (Å²) in [5.74, 6) is 1.76. The van der Waals surface area contributed by atoms with Crippen LogP contribution < -0.4 is 10.1 Å². The molecule has 8 heteroatoms. The van der Waals surface area contributed by atoms with Gasteiger partial charge in [0.2, 0.25) is 5.91 Å². The van der Waals surface area contributed by atoms with Crippen molar-refractivity contribution in [2.24, 2.45) is 0 Å². The van der Waals surface area contributed by atoms with Crippen LogP contribution >= 0.6 is 23.4 Å². The van der Waals surface area contributed by atoms with Crippen LogP contribution in [0.3, 0.4) is 0 Å². The first-order chi connectivity index (χ1) is 16.5. The van der Waals surface area contributed by atoms with Crippen LogP contribution in [0.25, 0.3) is 17.1 Å². The van der Waals surface area contributed by atoms with Crippen molar-refractivity contribution < 1.29 is 9.53 Å². The summed E-state index contributed by atoms with van der Waals surface area (Å²) in [6, 6.07) is 22.9. The lowest BCUT2D eigenvalue weighted by Gasteiger charge is -2.14. The van der Waals surface area contributed by atoms with Crippen molar-refractivity contribution >= 4 is 35.0 Å². The van der Waals surface area contributed by atoms with E-state index in [9.17, 15) is 4.79 Å². The third kappa shape index (κ3) is 5.43. The van der Waals surface area contributed by atoms with Crippen LogP contribution in [0.4, 0.5) is 5.69 Å². The van der Waals surface area contributed by atoms with E-state index in [4.69, 9.17) is 16.3 Å². The highest BCUT2D eigenvalue weighted by Gasteiger charge is 2.18. The number of rotatable bonds is 8. The van der Waals surface area contributed by atoms with E-state index in [1.54, 1.807) is 7.11 Å². The van der Waals surface area contributed by atoms with Gasteiger partial charge in [-0.1, -0.05) is 67.5 Å². The third-order valence-electron chi connectivity index (χ3n) is 5.24. The SMILES string of the molecule is COc1cccc(-c2nnc(SCC(=O)Nc3ccccc3C(C)C)n2-c2ccc(Cl)cc2)c1. The zero-order valence-electron chi connectivity index (χ0n) is 19.2. The van der Waals surface area contributed by atoms with Crippen LogP contribution in [0.2, 0.25) is 5.02 Å². The van der Waals surface area contributed by atoms with Crippen LogP contribution in [0, 0.1) is 0 Å². The molecule has 4 rings (SSSR count). The van der Waals surface area contributed by atoms with Gasteiger partial charge in [-0.05, 0) is 53.9 Å². The maximum absolute atomic E-state index is 12.8. The van der Waals surface area contributed by atoms with Gasteiger partial charge < -0.3 is 10.1 Å². The van der Waals surface area contributed by atoms with Gasteiger partial charge in [0.25, 0.3) is 0 Å². The molecule has 174 valence electrons. The van der Waals surface area contributed by atoms with E-state index in [1.165, 1.54) is 11.8 Å². The minimum absolute atomic E-state index is 0.105. The van der Waals surface area contributed by atoms with E-state index in [-0.39, 0.29) is 11.7 Å². The Morgan fingerprint density at radius 3 is 2.56 bits per heavy atom. The molecular weight excluding hydrogens is 468 g/mol. The van der Waals surface area contributed by atoms with Gasteiger partial charge in [-0.15, -0.1) is 10.2 Å². The monoisotopic (exact) mass is 492 g/mol. The first-order valence-corrected chi connectivity index (χ1v) is 12.2. The standard InChI is InChI=1S/C26H25ClN4O2S/c1-17(2)22-9-4-5-10-23(22)28-24(32)16-34-26-30-29-25(18-7-6-8-21(15-18)33-3)31(26)20-13-11-19(27)12-14-20/h4-15,17H,16H2,1-3H3,(H,28,32). The number of amides is 1. The summed E-state index contributed by atoms with van der Waals surface area (Å²) in [7, 11) is 1.63. The lowest BCUT2D eigenvalue weighted by Crippen LogP contribution is -2.16. The maximum Gasteiger partial charge on any atom is 0.234 e. The molecule has 0 aliphatic heterocycles. The number of aromatic nitrogens is 3. The fourth-order valence-corrected chi connectivity index (χ4v) is 4.44. The number of anilines is 1. The molecular formula is C26H25ClN4O2S. The summed E-state index contributed by atoms with van der Waals surface area (Å²) >= 11 is 7.43. The number of nitrogens with zero attached hydrogens (tertiary/aromatic N) is 3. The number of para-hydroxylation sites is 1. The summed E-state index contributed by atoms with van der Waals surface area (Å²) < 4.78 is 7.30. The minimum Gasteiger partial charge on any atom is -0.497 e. The molecule has 0 aliphatic rings. The van der Waals surface area contributed by atoms with E-state index < -0.39 is 0 Å². The Hall–Kier alpha value is -3.29. The molecule has 1 amide bonds. The highest BCUT2D eigenvalue weighted by Crippen LogP contribution is 2.30. The fourth-order valence-electron chi connectivity index (χ4n) is 3.57. The molecule has 0 radical (unpaired) electrons. The first kappa shape index (κ1) is 23.9. The number of halogens is 1. The summed E-state index contributed by atoms with van der Waals surface area (Å²) in [5.41, 5.74) is 3.63. The van der Waals surface area contributed by atoms with Crippen molar-refractivity contribution in [2.75, 3.05) is 18.2 Å². The van der Waals surface area contributed by atoms with Gasteiger partial charge in [0, 0.05) is 22.0 Å². The number of hydrogen-bond donors (Lipinski definition) is 1. The van der Waals surface area contributed by atoms with Crippen molar-refractivity contribution in [3.8, 4) is 22.8 Å². The van der Waals surface area contributed by atoms with Crippen LogP contribution in [-0.4, -0.2) is 33.5 Å². The van der Waals surface area contributed by atoms with Crippen LogP contribution in [0.15, 0.2) is 78.0 Å². The normalized spacial score (nSPS) is 11.0. The van der Waals surface area contributed by atoms with E-state index in [0.29, 0.717) is 21.9 Å². The zero-order chi connectivity index (χ0) is 24.1. The molecule has 0 bridgehead atoms. The van der Waals surface area contributed by atoms with Crippen LogP contribution in [0.1, 0.15) is 25.3 Å². The number of ether oxygens (including phenoxy) is 1. The van der Waals surface area contributed by atoms with Gasteiger partial charge in [-0.25, -0.2) is 0 Å². The largest absolute Gasteiger partial charge is 0.497 e. The number of nitrogens with one attached hydrogen (secondary N) is 1. The Balaban J connectivity index is 1.61. The second kappa shape index (κ2) is 10.8. The molecule has 0 spiro atoms. The average Bonchev–Trinajstić information content (AvgIpc) is 3.27. The molecule has 0 atom stereocenters. The molecule has 3 aromatic carbocycles. The molecule has 6 nitrogen and oxygen atoms in total. The minimum atomic E-state index is -0.105.